The molecule has 2 aliphatic rings. The van der Waals surface area contributed by atoms with Crippen LogP contribution in [0.1, 0.15) is 43.6 Å². The minimum atomic E-state index is -0.612. The van der Waals surface area contributed by atoms with Crippen LogP contribution in [0.25, 0.3) is 0 Å². The van der Waals surface area contributed by atoms with E-state index in [0.717, 1.165) is 19.3 Å². The summed E-state index contributed by atoms with van der Waals surface area (Å²) in [4.78, 5) is 24.6. The van der Waals surface area contributed by atoms with Gasteiger partial charge in [0.15, 0.2) is 0 Å². The minimum Gasteiger partial charge on any atom is -0.327 e. The molecule has 102 valence electrons. The van der Waals surface area contributed by atoms with Crippen molar-refractivity contribution in [3.63, 3.8) is 0 Å². The molecule has 1 amide bonds. The van der Waals surface area contributed by atoms with Crippen molar-refractivity contribution in [1.82, 2.24) is 9.88 Å². The summed E-state index contributed by atoms with van der Waals surface area (Å²) in [5, 5.41) is 3.31. The molecule has 2 atom stereocenters. The molecule has 3 rings (SSSR count). The van der Waals surface area contributed by atoms with Gasteiger partial charge < -0.3 is 5.32 Å². The van der Waals surface area contributed by atoms with Crippen molar-refractivity contribution in [3.8, 4) is 0 Å². The van der Waals surface area contributed by atoms with Gasteiger partial charge >= 0.3 is 0 Å². The molecular weight excluding hydrogens is 332 g/mol. The van der Waals surface area contributed by atoms with E-state index in [-0.39, 0.29) is 22.6 Å². The monoisotopic (exact) mass is 344 g/mol. The average Bonchev–Trinajstić information content (AvgIpc) is 2.70. The molecule has 0 radical (unpaired) electrons. The van der Waals surface area contributed by atoms with Crippen LogP contribution >= 0.6 is 27.5 Å². The smallest absolute Gasteiger partial charge is 0.271 e. The molecule has 1 aromatic heterocycles. The number of rotatable bonds is 1. The normalized spacial score (nSPS) is 32.1. The fourth-order valence-electron chi connectivity index (χ4n) is 3.29. The van der Waals surface area contributed by atoms with Gasteiger partial charge in [-0.1, -0.05) is 25.4 Å². The van der Waals surface area contributed by atoms with E-state index in [2.05, 4.69) is 35.1 Å². The maximum atomic E-state index is 12.4. The highest BCUT2D eigenvalue weighted by atomic mass is 79.9. The second kappa shape index (κ2) is 3.85. The first-order valence-electron chi connectivity index (χ1n) is 6.30. The first kappa shape index (κ1) is 13.2. The molecule has 0 saturated heterocycles. The third-order valence-corrected chi connectivity index (χ3v) is 5.70. The van der Waals surface area contributed by atoms with E-state index in [4.69, 9.17) is 11.6 Å². The van der Waals surface area contributed by atoms with Crippen LogP contribution < -0.4 is 10.9 Å². The maximum Gasteiger partial charge on any atom is 0.271 e. The summed E-state index contributed by atoms with van der Waals surface area (Å²) in [7, 11) is 0. The summed E-state index contributed by atoms with van der Waals surface area (Å²) >= 11 is 9.36. The number of fused-ring (bicyclic) bond motifs is 2. The minimum absolute atomic E-state index is 0.109. The largest absolute Gasteiger partial charge is 0.327 e. The zero-order valence-corrected chi connectivity index (χ0v) is 13.1. The first-order chi connectivity index (χ1) is 8.86. The Hall–Kier alpha value is -0.810. The van der Waals surface area contributed by atoms with E-state index >= 15 is 0 Å². The highest BCUT2D eigenvalue weighted by Crippen LogP contribution is 2.57. The van der Waals surface area contributed by atoms with Crippen molar-refractivity contribution in [3.05, 3.63) is 31.6 Å². The van der Waals surface area contributed by atoms with Crippen LogP contribution in [0.4, 0.5) is 0 Å². The van der Waals surface area contributed by atoms with Crippen molar-refractivity contribution in [1.29, 1.82) is 0 Å². The molecule has 1 aliphatic carbocycles. The highest BCUT2D eigenvalue weighted by molar-refractivity contribution is 9.10. The number of carbonyl (C=O) groups excluding carboxylic acids is 1. The van der Waals surface area contributed by atoms with Crippen LogP contribution in [0.2, 0.25) is 5.02 Å². The standard InChI is InChI=1S/C13H14BrClN2O2/c1-3-12(2)4-5-13(12)16-10(18)9-8(15)6-7(14)11(19)17(9)13/h6H,3-5H2,1-2H3,(H,16,18). The maximum absolute atomic E-state index is 12.4. The molecule has 4 nitrogen and oxygen atoms in total. The van der Waals surface area contributed by atoms with Crippen LogP contribution in [0.15, 0.2) is 15.3 Å². The van der Waals surface area contributed by atoms with Crippen molar-refractivity contribution in [2.45, 2.75) is 38.8 Å². The fraction of sp³-hybridized carbons (Fsp3) is 0.538. The Morgan fingerprint density at radius 2 is 2.16 bits per heavy atom. The zero-order valence-electron chi connectivity index (χ0n) is 10.7. The molecule has 1 aromatic rings. The average molecular weight is 346 g/mol. The number of hydrogen-bond acceptors (Lipinski definition) is 2. The van der Waals surface area contributed by atoms with Gasteiger partial charge in [0.2, 0.25) is 0 Å². The third-order valence-electron chi connectivity index (χ3n) is 4.85. The van der Waals surface area contributed by atoms with Crippen molar-refractivity contribution in [2.24, 2.45) is 5.41 Å². The molecule has 2 unspecified atom stereocenters. The van der Waals surface area contributed by atoms with Crippen molar-refractivity contribution < 1.29 is 4.79 Å². The molecule has 1 fully saturated rings. The SMILES string of the molecule is CCC1(C)CCC12NC(=O)c1c(Cl)cc(Br)c(=O)n12. The van der Waals surface area contributed by atoms with Gasteiger partial charge in [-0.3, -0.25) is 14.2 Å². The van der Waals surface area contributed by atoms with Gasteiger partial charge in [-0.25, -0.2) is 0 Å². The number of nitrogens with one attached hydrogen (secondary N) is 1. The predicted octanol–water partition coefficient (Wildman–Crippen LogP) is 2.87. The predicted molar refractivity (Wildman–Crippen MR) is 76.5 cm³/mol. The Balaban J connectivity index is 2.34. The number of carbonyl (C=O) groups is 1. The molecule has 1 N–H and O–H groups in total. The van der Waals surface area contributed by atoms with Crippen LogP contribution in [0.3, 0.4) is 0 Å². The topological polar surface area (TPSA) is 51.1 Å². The second-order valence-electron chi connectivity index (χ2n) is 5.56. The lowest BCUT2D eigenvalue weighted by molar-refractivity contribution is -0.0678. The summed E-state index contributed by atoms with van der Waals surface area (Å²) in [6.07, 6.45) is 2.64. The van der Waals surface area contributed by atoms with Crippen LogP contribution in [-0.4, -0.2) is 10.5 Å². The van der Waals surface area contributed by atoms with E-state index < -0.39 is 5.66 Å². The van der Waals surface area contributed by atoms with Gasteiger partial charge in [0, 0.05) is 5.41 Å². The van der Waals surface area contributed by atoms with Crippen molar-refractivity contribution in [2.75, 3.05) is 0 Å². The quantitative estimate of drug-likeness (QED) is 0.851. The Morgan fingerprint density at radius 3 is 2.68 bits per heavy atom. The molecule has 0 aromatic carbocycles. The number of amides is 1. The number of halogens is 2. The van der Waals surface area contributed by atoms with Gasteiger partial charge in [-0.2, -0.15) is 0 Å². The summed E-state index contributed by atoms with van der Waals surface area (Å²) in [6.45, 7) is 4.18. The Labute approximate surface area is 124 Å². The Bertz CT molecular complexity index is 653. The molecule has 1 saturated carbocycles. The highest BCUT2D eigenvalue weighted by Gasteiger charge is 2.61. The zero-order chi connectivity index (χ0) is 14.0. The van der Waals surface area contributed by atoms with E-state index in [1.54, 1.807) is 4.57 Å². The molecule has 1 aliphatic heterocycles. The van der Waals surface area contributed by atoms with E-state index in [9.17, 15) is 9.59 Å². The van der Waals surface area contributed by atoms with Crippen LogP contribution in [-0.2, 0) is 5.66 Å². The van der Waals surface area contributed by atoms with Crippen LogP contribution in [0.5, 0.6) is 0 Å². The third kappa shape index (κ3) is 1.40. The van der Waals surface area contributed by atoms with E-state index in [1.165, 1.54) is 6.07 Å². The Kier molecular flexibility index (Phi) is 2.68. The first-order valence-corrected chi connectivity index (χ1v) is 7.47. The van der Waals surface area contributed by atoms with E-state index in [0.29, 0.717) is 9.50 Å². The van der Waals surface area contributed by atoms with Gasteiger partial charge in [-0.05, 0) is 41.3 Å². The molecule has 1 spiro atoms. The number of pyridine rings is 1. The van der Waals surface area contributed by atoms with Gasteiger partial charge in [0.05, 0.1) is 9.50 Å². The summed E-state index contributed by atoms with van der Waals surface area (Å²) < 4.78 is 1.96. The van der Waals surface area contributed by atoms with Crippen LogP contribution in [0, 0.1) is 5.41 Å². The molecule has 0 bridgehead atoms. The van der Waals surface area contributed by atoms with Crippen molar-refractivity contribution >= 4 is 33.4 Å². The molecular formula is C13H14BrClN2O2. The van der Waals surface area contributed by atoms with Gasteiger partial charge in [-0.15, -0.1) is 0 Å². The van der Waals surface area contributed by atoms with Gasteiger partial charge in [0.1, 0.15) is 11.4 Å². The molecule has 19 heavy (non-hydrogen) atoms. The summed E-state index contributed by atoms with van der Waals surface area (Å²) in [5.41, 5.74) is -0.632. The second-order valence-corrected chi connectivity index (χ2v) is 6.82. The lowest BCUT2D eigenvalue weighted by Crippen LogP contribution is -2.64. The number of aromatic nitrogens is 1. The lowest BCUT2D eigenvalue weighted by Gasteiger charge is -2.56. The summed E-state index contributed by atoms with van der Waals surface area (Å²) in [6, 6.07) is 1.50. The van der Waals surface area contributed by atoms with E-state index in [1.807, 2.05) is 0 Å². The number of nitrogens with zero attached hydrogens (tertiary/aromatic N) is 1. The molecule has 6 heteroatoms. The lowest BCUT2D eigenvalue weighted by atomic mass is 9.59. The van der Waals surface area contributed by atoms with Gasteiger partial charge in [0.25, 0.3) is 11.5 Å². The fourth-order valence-corrected chi connectivity index (χ4v) is 4.10. The summed E-state index contributed by atoms with van der Waals surface area (Å²) in [5.74, 6) is -0.256. The Morgan fingerprint density at radius 1 is 1.47 bits per heavy atom. The number of hydrogen-bond donors (Lipinski definition) is 1. The molecule has 2 heterocycles.